The van der Waals surface area contributed by atoms with Gasteiger partial charge in [-0.1, -0.05) is 6.42 Å². The van der Waals surface area contributed by atoms with Crippen LogP contribution < -0.4 is 4.74 Å². The van der Waals surface area contributed by atoms with Gasteiger partial charge in [0, 0.05) is 25.0 Å². The van der Waals surface area contributed by atoms with E-state index in [4.69, 9.17) is 10.00 Å². The number of piperidine rings is 1. The number of nitriles is 1. The van der Waals surface area contributed by atoms with Crippen molar-refractivity contribution in [1.29, 1.82) is 5.26 Å². The normalized spacial score (nSPS) is 19.3. The molecule has 25 heavy (non-hydrogen) atoms. The third kappa shape index (κ3) is 5.05. The maximum Gasteiger partial charge on any atom is 0.119 e. The van der Waals surface area contributed by atoms with E-state index in [1.54, 1.807) is 30.5 Å². The van der Waals surface area contributed by atoms with E-state index in [9.17, 15) is 5.11 Å². The summed E-state index contributed by atoms with van der Waals surface area (Å²) in [6, 6.07) is 11.4. The van der Waals surface area contributed by atoms with Crippen LogP contribution in [0.5, 0.6) is 5.75 Å². The molecular formula is C19H24N4O2. The number of nitrogens with zero attached hydrogens (tertiary/aromatic N) is 4. The van der Waals surface area contributed by atoms with Gasteiger partial charge in [0.2, 0.25) is 0 Å². The Kier molecular flexibility index (Phi) is 6.04. The highest BCUT2D eigenvalue weighted by atomic mass is 16.5. The second kappa shape index (κ2) is 8.65. The molecule has 1 fully saturated rings. The first-order chi connectivity index (χ1) is 12.2. The van der Waals surface area contributed by atoms with Crippen LogP contribution >= 0.6 is 0 Å². The summed E-state index contributed by atoms with van der Waals surface area (Å²) >= 11 is 0. The Balaban J connectivity index is 1.49. The van der Waals surface area contributed by atoms with Crippen molar-refractivity contribution in [2.24, 2.45) is 0 Å². The molecule has 2 heterocycles. The maximum absolute atomic E-state index is 10.4. The van der Waals surface area contributed by atoms with Crippen molar-refractivity contribution < 1.29 is 9.84 Å². The molecule has 0 unspecified atom stereocenters. The highest BCUT2D eigenvalue weighted by Crippen LogP contribution is 2.19. The first kappa shape index (κ1) is 17.5. The van der Waals surface area contributed by atoms with Gasteiger partial charge in [-0.05, 0) is 49.7 Å². The van der Waals surface area contributed by atoms with Gasteiger partial charge in [0.1, 0.15) is 18.5 Å². The highest BCUT2D eigenvalue weighted by molar-refractivity contribution is 5.34. The Labute approximate surface area is 148 Å². The summed E-state index contributed by atoms with van der Waals surface area (Å²) < 4.78 is 7.61. The monoisotopic (exact) mass is 340 g/mol. The zero-order valence-corrected chi connectivity index (χ0v) is 14.3. The number of aromatic nitrogens is 2. The van der Waals surface area contributed by atoms with Gasteiger partial charge in [-0.15, -0.1) is 0 Å². The number of aliphatic hydroxyl groups is 1. The number of likely N-dealkylation sites (tertiary alicyclic amines) is 1. The number of benzene rings is 1. The molecule has 2 atom stereocenters. The standard InChI is InChI=1S/C19H24N4O2/c20-12-16-5-7-19(8-6-16)25-15-18(24)14-22-10-2-1-4-17(22)13-23-11-3-9-21-23/h3,5-9,11,17-18,24H,1-2,4,10,13-15H2/t17-,18+/m0/s1. The summed E-state index contributed by atoms with van der Waals surface area (Å²) in [4.78, 5) is 2.35. The Morgan fingerprint density at radius 2 is 2.16 bits per heavy atom. The molecule has 0 bridgehead atoms. The van der Waals surface area contributed by atoms with Gasteiger partial charge in [0.15, 0.2) is 0 Å². The first-order valence-corrected chi connectivity index (χ1v) is 8.77. The molecule has 1 N–H and O–H groups in total. The predicted octanol–water partition coefficient (Wildman–Crippen LogP) is 2.05. The summed E-state index contributed by atoms with van der Waals surface area (Å²) in [5, 5.41) is 23.5. The van der Waals surface area contributed by atoms with Crippen molar-refractivity contribution in [2.75, 3.05) is 19.7 Å². The number of β-amino-alcohol motifs (C(OH)–C–C–N with tert-alkyl or cyclic N) is 1. The lowest BCUT2D eigenvalue weighted by Gasteiger charge is -2.36. The van der Waals surface area contributed by atoms with Gasteiger partial charge < -0.3 is 9.84 Å². The lowest BCUT2D eigenvalue weighted by molar-refractivity contribution is 0.0345. The van der Waals surface area contributed by atoms with E-state index in [1.165, 1.54) is 12.8 Å². The van der Waals surface area contributed by atoms with Crippen molar-refractivity contribution >= 4 is 0 Å². The molecule has 132 valence electrons. The minimum absolute atomic E-state index is 0.247. The Bertz CT molecular complexity index is 678. The molecule has 1 aliphatic heterocycles. The molecule has 0 amide bonds. The van der Waals surface area contributed by atoms with Crippen LogP contribution in [0.25, 0.3) is 0 Å². The second-order valence-electron chi connectivity index (χ2n) is 6.47. The molecular weight excluding hydrogens is 316 g/mol. The van der Waals surface area contributed by atoms with E-state index in [2.05, 4.69) is 16.1 Å². The molecule has 2 aromatic rings. The van der Waals surface area contributed by atoms with Crippen LogP contribution in [-0.2, 0) is 6.54 Å². The quantitative estimate of drug-likeness (QED) is 0.835. The van der Waals surface area contributed by atoms with Crippen LogP contribution in [-0.4, -0.2) is 51.6 Å². The van der Waals surface area contributed by atoms with Crippen LogP contribution in [0.2, 0.25) is 0 Å². The van der Waals surface area contributed by atoms with Gasteiger partial charge in [-0.2, -0.15) is 10.4 Å². The van der Waals surface area contributed by atoms with Crippen LogP contribution in [0.4, 0.5) is 0 Å². The Morgan fingerprint density at radius 1 is 1.32 bits per heavy atom. The first-order valence-electron chi connectivity index (χ1n) is 8.77. The molecule has 6 nitrogen and oxygen atoms in total. The van der Waals surface area contributed by atoms with Crippen molar-refractivity contribution in [3.05, 3.63) is 48.3 Å². The smallest absolute Gasteiger partial charge is 0.119 e. The van der Waals surface area contributed by atoms with Gasteiger partial charge >= 0.3 is 0 Å². The fraction of sp³-hybridized carbons (Fsp3) is 0.474. The third-order valence-corrected chi connectivity index (χ3v) is 4.58. The van der Waals surface area contributed by atoms with Gasteiger partial charge in [-0.25, -0.2) is 0 Å². The fourth-order valence-electron chi connectivity index (χ4n) is 3.27. The topological polar surface area (TPSA) is 74.3 Å². The molecule has 6 heteroatoms. The molecule has 1 aromatic heterocycles. The molecule has 1 aromatic carbocycles. The van der Waals surface area contributed by atoms with Crippen LogP contribution in [0.3, 0.4) is 0 Å². The van der Waals surface area contributed by atoms with Crippen molar-refractivity contribution in [3.63, 3.8) is 0 Å². The molecule has 1 saturated heterocycles. The number of hydrogen-bond donors (Lipinski definition) is 1. The second-order valence-corrected chi connectivity index (χ2v) is 6.47. The molecule has 3 rings (SSSR count). The van der Waals surface area contributed by atoms with E-state index in [-0.39, 0.29) is 6.61 Å². The van der Waals surface area contributed by atoms with Crippen molar-refractivity contribution in [3.8, 4) is 11.8 Å². The predicted molar refractivity (Wildman–Crippen MR) is 94.1 cm³/mol. The van der Waals surface area contributed by atoms with E-state index in [0.717, 1.165) is 19.5 Å². The number of hydrogen-bond acceptors (Lipinski definition) is 5. The lowest BCUT2D eigenvalue weighted by atomic mass is 10.0. The van der Waals surface area contributed by atoms with Crippen LogP contribution in [0, 0.1) is 11.3 Å². The number of ether oxygens (including phenoxy) is 1. The average molecular weight is 340 g/mol. The Morgan fingerprint density at radius 3 is 2.88 bits per heavy atom. The largest absolute Gasteiger partial charge is 0.491 e. The number of aliphatic hydroxyl groups excluding tert-OH is 1. The zero-order valence-electron chi connectivity index (χ0n) is 14.3. The summed E-state index contributed by atoms with van der Waals surface area (Å²) in [7, 11) is 0. The van der Waals surface area contributed by atoms with E-state index in [0.29, 0.717) is 23.9 Å². The van der Waals surface area contributed by atoms with Crippen LogP contribution in [0.1, 0.15) is 24.8 Å². The molecule has 1 aliphatic rings. The zero-order chi connectivity index (χ0) is 17.5. The Hall–Kier alpha value is -2.36. The van der Waals surface area contributed by atoms with Crippen molar-refractivity contribution in [2.45, 2.75) is 38.0 Å². The molecule has 0 spiro atoms. The summed E-state index contributed by atoms with van der Waals surface area (Å²) in [5.74, 6) is 0.671. The third-order valence-electron chi connectivity index (χ3n) is 4.58. The highest BCUT2D eigenvalue weighted by Gasteiger charge is 2.25. The van der Waals surface area contributed by atoms with E-state index < -0.39 is 6.10 Å². The lowest BCUT2D eigenvalue weighted by Crippen LogP contribution is -2.46. The summed E-state index contributed by atoms with van der Waals surface area (Å²) in [6.45, 7) is 2.70. The minimum atomic E-state index is -0.547. The average Bonchev–Trinajstić information content (AvgIpc) is 3.15. The van der Waals surface area contributed by atoms with E-state index >= 15 is 0 Å². The van der Waals surface area contributed by atoms with Gasteiger partial charge in [0.05, 0.1) is 18.2 Å². The summed E-state index contributed by atoms with van der Waals surface area (Å²) in [6.07, 6.45) is 6.75. The maximum atomic E-state index is 10.4. The molecule has 0 radical (unpaired) electrons. The summed E-state index contributed by atoms with van der Waals surface area (Å²) in [5.41, 5.74) is 0.600. The number of rotatable bonds is 7. The van der Waals surface area contributed by atoms with Gasteiger partial charge in [-0.3, -0.25) is 9.58 Å². The minimum Gasteiger partial charge on any atom is -0.491 e. The fourth-order valence-corrected chi connectivity index (χ4v) is 3.27. The van der Waals surface area contributed by atoms with E-state index in [1.807, 2.05) is 16.9 Å². The van der Waals surface area contributed by atoms with Crippen molar-refractivity contribution in [1.82, 2.24) is 14.7 Å². The van der Waals surface area contributed by atoms with Crippen LogP contribution in [0.15, 0.2) is 42.7 Å². The van der Waals surface area contributed by atoms with Gasteiger partial charge in [0.25, 0.3) is 0 Å². The molecule has 0 aliphatic carbocycles. The SMILES string of the molecule is N#Cc1ccc(OC[C@H](O)CN2CCCC[C@H]2Cn2cccn2)cc1. The molecule has 0 saturated carbocycles.